The highest BCUT2D eigenvalue weighted by Crippen LogP contribution is 2.47. The molecule has 0 radical (unpaired) electrons. The summed E-state index contributed by atoms with van der Waals surface area (Å²) in [6.07, 6.45) is 3.60. The fraction of sp³-hybridized carbons (Fsp3) is 0.200. The van der Waals surface area contributed by atoms with E-state index in [0.29, 0.717) is 11.5 Å². The maximum absolute atomic E-state index is 13.4. The molecule has 2 nitrogen and oxygen atoms in total. The zero-order valence-corrected chi connectivity index (χ0v) is 15.0. The van der Waals surface area contributed by atoms with Crippen LogP contribution in [0.1, 0.15) is 33.5 Å². The number of rotatable bonds is 1. The molecule has 0 aliphatic heterocycles. The lowest BCUT2D eigenvalue weighted by Gasteiger charge is -2.33. The van der Waals surface area contributed by atoms with E-state index < -0.39 is 0 Å². The minimum Gasteiger partial charge on any atom is -0.294 e. The lowest BCUT2D eigenvalue weighted by atomic mass is 9.69. The van der Waals surface area contributed by atoms with Crippen LogP contribution in [0.4, 0.5) is 5.69 Å². The minimum absolute atomic E-state index is 0.270. The van der Waals surface area contributed by atoms with Crippen LogP contribution in [-0.4, -0.2) is 5.78 Å². The molecule has 1 spiro atoms. The Kier molecular flexibility index (Phi) is 3.52. The third kappa shape index (κ3) is 2.51. The van der Waals surface area contributed by atoms with Crippen molar-refractivity contribution >= 4 is 11.5 Å². The second-order valence-electron chi connectivity index (χ2n) is 7.77. The Labute approximate surface area is 159 Å². The molecule has 2 aliphatic rings. The van der Waals surface area contributed by atoms with Gasteiger partial charge in [0.15, 0.2) is 11.5 Å². The standard InChI is InChI=1S/C25H19NO/c1-26-22-8-4-7-18(13-22)19-9-10-21-16-25(24(27)23(21)14-19)12-11-17-5-2-3-6-20(17)15-25/h2-10,13-14H,11-12,15-16H2. The normalized spacial score (nSPS) is 20.2. The van der Waals surface area contributed by atoms with Gasteiger partial charge in [0, 0.05) is 11.0 Å². The van der Waals surface area contributed by atoms with Gasteiger partial charge in [-0.05, 0) is 65.6 Å². The molecule has 0 heterocycles. The Morgan fingerprint density at radius 3 is 2.44 bits per heavy atom. The molecule has 27 heavy (non-hydrogen) atoms. The summed E-state index contributed by atoms with van der Waals surface area (Å²) in [4.78, 5) is 17.0. The van der Waals surface area contributed by atoms with E-state index in [2.05, 4.69) is 41.2 Å². The van der Waals surface area contributed by atoms with Crippen molar-refractivity contribution in [3.05, 3.63) is 100 Å². The highest BCUT2D eigenvalue weighted by atomic mass is 16.1. The van der Waals surface area contributed by atoms with Crippen LogP contribution in [0.3, 0.4) is 0 Å². The van der Waals surface area contributed by atoms with Crippen LogP contribution in [0.2, 0.25) is 0 Å². The van der Waals surface area contributed by atoms with Crippen LogP contribution < -0.4 is 0 Å². The van der Waals surface area contributed by atoms with Gasteiger partial charge in [-0.1, -0.05) is 54.6 Å². The third-order valence-corrected chi connectivity index (χ3v) is 6.19. The van der Waals surface area contributed by atoms with Crippen molar-refractivity contribution in [3.8, 4) is 11.1 Å². The van der Waals surface area contributed by atoms with Crippen molar-refractivity contribution in [1.29, 1.82) is 0 Å². The first kappa shape index (κ1) is 16.0. The summed E-state index contributed by atoms with van der Waals surface area (Å²) in [7, 11) is 0. The molecule has 3 aromatic carbocycles. The van der Waals surface area contributed by atoms with Gasteiger partial charge in [-0.15, -0.1) is 0 Å². The zero-order valence-electron chi connectivity index (χ0n) is 15.0. The molecule has 0 aromatic heterocycles. The number of aryl methyl sites for hydroxylation is 1. The SMILES string of the molecule is [C-]#[N+]c1cccc(-c2ccc3c(c2)C(=O)C2(CCc4ccccc4C2)C3)c1. The number of benzene rings is 3. The zero-order chi connectivity index (χ0) is 18.4. The predicted octanol–water partition coefficient (Wildman–Crippen LogP) is 5.82. The molecule has 0 N–H and O–H groups in total. The summed E-state index contributed by atoms with van der Waals surface area (Å²) in [6.45, 7) is 7.22. The fourth-order valence-electron chi connectivity index (χ4n) is 4.75. The van der Waals surface area contributed by atoms with E-state index in [4.69, 9.17) is 6.57 Å². The van der Waals surface area contributed by atoms with E-state index in [1.807, 2.05) is 30.3 Å². The number of hydrogen-bond donors (Lipinski definition) is 0. The molecule has 0 fully saturated rings. The first-order valence-corrected chi connectivity index (χ1v) is 9.41. The Morgan fingerprint density at radius 2 is 1.59 bits per heavy atom. The van der Waals surface area contributed by atoms with E-state index in [0.717, 1.165) is 42.4 Å². The first-order valence-electron chi connectivity index (χ1n) is 9.41. The van der Waals surface area contributed by atoms with Crippen molar-refractivity contribution in [3.63, 3.8) is 0 Å². The first-order chi connectivity index (χ1) is 13.2. The Bertz CT molecular complexity index is 1120. The molecule has 0 amide bonds. The molecule has 0 saturated carbocycles. The lowest BCUT2D eigenvalue weighted by molar-refractivity contribution is 0.0794. The molecule has 1 atom stereocenters. The summed E-state index contributed by atoms with van der Waals surface area (Å²) in [5.74, 6) is 0.301. The van der Waals surface area contributed by atoms with Crippen LogP contribution >= 0.6 is 0 Å². The van der Waals surface area contributed by atoms with Gasteiger partial charge in [-0.2, -0.15) is 0 Å². The van der Waals surface area contributed by atoms with Crippen LogP contribution in [0, 0.1) is 12.0 Å². The lowest BCUT2D eigenvalue weighted by Crippen LogP contribution is -2.34. The number of ketones is 1. The molecule has 5 rings (SSSR count). The average molecular weight is 349 g/mol. The van der Waals surface area contributed by atoms with Gasteiger partial charge < -0.3 is 0 Å². The maximum Gasteiger partial charge on any atom is 0.187 e. The van der Waals surface area contributed by atoms with Crippen LogP contribution in [-0.2, 0) is 19.3 Å². The summed E-state index contributed by atoms with van der Waals surface area (Å²) < 4.78 is 0. The quantitative estimate of drug-likeness (QED) is 0.507. The van der Waals surface area contributed by atoms with Crippen molar-refractivity contribution in [1.82, 2.24) is 0 Å². The number of fused-ring (bicyclic) bond motifs is 2. The van der Waals surface area contributed by atoms with Crippen molar-refractivity contribution in [2.75, 3.05) is 0 Å². The van der Waals surface area contributed by atoms with Crippen molar-refractivity contribution in [2.45, 2.75) is 25.7 Å². The van der Waals surface area contributed by atoms with Gasteiger partial charge in [0.25, 0.3) is 0 Å². The molecular weight excluding hydrogens is 330 g/mol. The molecule has 2 aliphatic carbocycles. The predicted molar refractivity (Wildman–Crippen MR) is 107 cm³/mol. The third-order valence-electron chi connectivity index (χ3n) is 6.19. The number of hydrogen-bond acceptors (Lipinski definition) is 1. The second-order valence-corrected chi connectivity index (χ2v) is 7.77. The smallest absolute Gasteiger partial charge is 0.187 e. The fourth-order valence-corrected chi connectivity index (χ4v) is 4.75. The Balaban J connectivity index is 1.53. The van der Waals surface area contributed by atoms with E-state index in [9.17, 15) is 4.79 Å². The van der Waals surface area contributed by atoms with Gasteiger partial charge >= 0.3 is 0 Å². The van der Waals surface area contributed by atoms with Crippen molar-refractivity contribution in [2.24, 2.45) is 5.41 Å². The summed E-state index contributed by atoms with van der Waals surface area (Å²) in [6, 6.07) is 22.4. The van der Waals surface area contributed by atoms with Gasteiger partial charge in [0.2, 0.25) is 0 Å². The van der Waals surface area contributed by atoms with Gasteiger partial charge in [0.05, 0.1) is 6.57 Å². The maximum atomic E-state index is 13.4. The Morgan fingerprint density at radius 1 is 0.815 bits per heavy atom. The molecule has 0 saturated heterocycles. The van der Waals surface area contributed by atoms with Gasteiger partial charge in [-0.3, -0.25) is 4.79 Å². The summed E-state index contributed by atoms with van der Waals surface area (Å²) in [5, 5.41) is 0. The number of Topliss-reactive ketones (excluding diaryl/α,β-unsaturated/α-hetero) is 1. The second kappa shape index (κ2) is 5.93. The van der Waals surface area contributed by atoms with Gasteiger partial charge in [0.1, 0.15) is 0 Å². The minimum atomic E-state index is -0.270. The highest BCUT2D eigenvalue weighted by molar-refractivity contribution is 6.06. The number of carbonyl (C=O) groups excluding carboxylic acids is 1. The van der Waals surface area contributed by atoms with Crippen LogP contribution in [0.15, 0.2) is 66.7 Å². The summed E-state index contributed by atoms with van der Waals surface area (Å²) in [5.41, 5.74) is 7.13. The van der Waals surface area contributed by atoms with Crippen LogP contribution in [0.25, 0.3) is 16.0 Å². The molecule has 130 valence electrons. The largest absolute Gasteiger partial charge is 0.294 e. The van der Waals surface area contributed by atoms with E-state index in [1.54, 1.807) is 0 Å². The molecule has 1 unspecified atom stereocenters. The van der Waals surface area contributed by atoms with Crippen LogP contribution in [0.5, 0.6) is 0 Å². The molecule has 3 aromatic rings. The molecule has 0 bridgehead atoms. The number of carbonyl (C=O) groups is 1. The average Bonchev–Trinajstić information content (AvgIpc) is 2.99. The highest BCUT2D eigenvalue weighted by Gasteiger charge is 2.46. The topological polar surface area (TPSA) is 21.4 Å². The van der Waals surface area contributed by atoms with Crippen molar-refractivity contribution < 1.29 is 4.79 Å². The number of nitrogens with zero attached hydrogens (tertiary/aromatic N) is 1. The monoisotopic (exact) mass is 349 g/mol. The Hall–Kier alpha value is -3.18. The van der Waals surface area contributed by atoms with E-state index in [-0.39, 0.29) is 5.41 Å². The van der Waals surface area contributed by atoms with Gasteiger partial charge in [-0.25, -0.2) is 4.85 Å². The molecular formula is C25H19NO. The molecule has 2 heteroatoms. The van der Waals surface area contributed by atoms with E-state index in [1.165, 1.54) is 16.7 Å². The van der Waals surface area contributed by atoms with E-state index >= 15 is 0 Å². The summed E-state index contributed by atoms with van der Waals surface area (Å²) >= 11 is 0.